The molecule has 2 aromatic rings. The summed E-state index contributed by atoms with van der Waals surface area (Å²) in [6.07, 6.45) is 1.05. The maximum Gasteiger partial charge on any atom is 0.335 e. The Labute approximate surface area is 162 Å². The van der Waals surface area contributed by atoms with Crippen molar-refractivity contribution >= 4 is 17.6 Å². The number of hydrogen-bond donors (Lipinski definition) is 1. The van der Waals surface area contributed by atoms with Gasteiger partial charge in [0.1, 0.15) is 0 Å². The summed E-state index contributed by atoms with van der Waals surface area (Å²) in [5.41, 5.74) is 3.71. The molecule has 0 spiro atoms. The van der Waals surface area contributed by atoms with E-state index in [-0.39, 0.29) is 11.5 Å². The van der Waals surface area contributed by atoms with Crippen LogP contribution < -0.4 is 14.2 Å². The third-order valence-corrected chi connectivity index (χ3v) is 4.68. The fourth-order valence-corrected chi connectivity index (χ4v) is 3.53. The van der Waals surface area contributed by atoms with Crippen LogP contribution in [0.4, 0.5) is 0 Å². The molecule has 0 saturated heterocycles. The summed E-state index contributed by atoms with van der Waals surface area (Å²) in [6, 6.07) is 6.66. The third kappa shape index (κ3) is 3.31. The van der Waals surface area contributed by atoms with Gasteiger partial charge in [-0.25, -0.2) is 9.79 Å². The molecule has 1 N–H and O–H groups in total. The second-order valence-corrected chi connectivity index (χ2v) is 6.32. The van der Waals surface area contributed by atoms with E-state index in [0.29, 0.717) is 41.4 Å². The number of carbonyl (C=O) groups excluding carboxylic acids is 1. The molecule has 1 aliphatic rings. The number of ether oxygens (including phenoxy) is 3. The van der Waals surface area contributed by atoms with E-state index >= 15 is 0 Å². The van der Waals surface area contributed by atoms with Crippen LogP contribution in [0.1, 0.15) is 34.8 Å². The normalized spacial score (nSPS) is 13.9. The lowest BCUT2D eigenvalue weighted by Gasteiger charge is -2.19. The van der Waals surface area contributed by atoms with Gasteiger partial charge in [-0.1, -0.05) is 6.07 Å². The van der Waals surface area contributed by atoms with E-state index in [4.69, 9.17) is 14.2 Å². The summed E-state index contributed by atoms with van der Waals surface area (Å²) in [5, 5.41) is 9.40. The van der Waals surface area contributed by atoms with Gasteiger partial charge >= 0.3 is 5.97 Å². The molecule has 0 saturated carbocycles. The molecule has 7 heteroatoms. The van der Waals surface area contributed by atoms with Gasteiger partial charge < -0.3 is 19.3 Å². The van der Waals surface area contributed by atoms with Crippen LogP contribution in [-0.4, -0.2) is 44.0 Å². The van der Waals surface area contributed by atoms with Crippen molar-refractivity contribution < 1.29 is 28.9 Å². The van der Waals surface area contributed by atoms with Crippen LogP contribution in [0.25, 0.3) is 11.1 Å². The molecule has 0 fully saturated rings. The van der Waals surface area contributed by atoms with Crippen molar-refractivity contribution in [2.45, 2.75) is 19.8 Å². The van der Waals surface area contributed by atoms with Crippen LogP contribution in [0.5, 0.6) is 17.2 Å². The van der Waals surface area contributed by atoms with Crippen LogP contribution in [0.3, 0.4) is 0 Å². The van der Waals surface area contributed by atoms with Crippen molar-refractivity contribution in [3.05, 3.63) is 41.0 Å². The molecule has 0 aliphatic heterocycles. The highest BCUT2D eigenvalue weighted by Crippen LogP contribution is 2.49. The number of rotatable bonds is 4. The number of fused-ring (bicyclic) bond motifs is 3. The Morgan fingerprint density at radius 2 is 1.68 bits per heavy atom. The number of amides is 1. The minimum absolute atomic E-state index is 0.123. The number of hydrogen-bond acceptors (Lipinski definition) is 5. The highest BCUT2D eigenvalue weighted by atomic mass is 16.5. The Hall–Kier alpha value is -3.35. The predicted molar refractivity (Wildman–Crippen MR) is 104 cm³/mol. The lowest BCUT2D eigenvalue weighted by molar-refractivity contribution is -0.115. The fourth-order valence-electron chi connectivity index (χ4n) is 3.53. The highest BCUT2D eigenvalue weighted by molar-refractivity contribution is 6.12. The number of nitrogens with zero attached hydrogens (tertiary/aromatic N) is 1. The van der Waals surface area contributed by atoms with Crippen molar-refractivity contribution in [1.29, 1.82) is 0 Å². The van der Waals surface area contributed by atoms with E-state index in [1.807, 2.05) is 6.07 Å². The Kier molecular flexibility index (Phi) is 5.35. The van der Waals surface area contributed by atoms with E-state index < -0.39 is 5.97 Å². The molecule has 28 heavy (non-hydrogen) atoms. The number of methoxy groups -OCH3 is 3. The molecule has 0 radical (unpaired) electrons. The maximum atomic E-state index is 11.7. The topological polar surface area (TPSA) is 94.4 Å². The monoisotopic (exact) mass is 383 g/mol. The third-order valence-electron chi connectivity index (χ3n) is 4.68. The predicted octanol–water partition coefficient (Wildman–Crippen LogP) is 3.36. The number of aryl methyl sites for hydroxylation is 1. The quantitative estimate of drug-likeness (QED) is 0.870. The first kappa shape index (κ1) is 19.4. The number of carbonyl (C=O) groups is 2. The van der Waals surface area contributed by atoms with E-state index in [2.05, 4.69) is 4.99 Å². The molecule has 3 rings (SSSR count). The lowest BCUT2D eigenvalue weighted by Crippen LogP contribution is -2.07. The number of benzene rings is 2. The molecule has 7 nitrogen and oxygen atoms in total. The average molecular weight is 383 g/mol. The first-order chi connectivity index (χ1) is 13.4. The molecule has 0 unspecified atom stereocenters. The molecule has 146 valence electrons. The van der Waals surface area contributed by atoms with Gasteiger partial charge in [-0.2, -0.15) is 0 Å². The van der Waals surface area contributed by atoms with Crippen LogP contribution in [0.2, 0.25) is 0 Å². The van der Waals surface area contributed by atoms with Gasteiger partial charge in [0.05, 0.1) is 32.6 Å². The Balaban J connectivity index is 2.40. The summed E-state index contributed by atoms with van der Waals surface area (Å²) < 4.78 is 16.6. The molecule has 2 aromatic carbocycles. The first-order valence-corrected chi connectivity index (χ1v) is 8.69. The Morgan fingerprint density at radius 1 is 0.964 bits per heavy atom. The number of carboxylic acid groups (broad SMARTS) is 1. The average Bonchev–Trinajstić information content (AvgIpc) is 2.82. The number of carboxylic acids is 1. The van der Waals surface area contributed by atoms with Gasteiger partial charge in [0.25, 0.3) is 0 Å². The summed E-state index contributed by atoms with van der Waals surface area (Å²) in [4.78, 5) is 27.3. The zero-order valence-corrected chi connectivity index (χ0v) is 16.2. The highest BCUT2D eigenvalue weighted by Gasteiger charge is 2.28. The summed E-state index contributed by atoms with van der Waals surface area (Å²) in [6.45, 7) is 1.37. The van der Waals surface area contributed by atoms with E-state index in [9.17, 15) is 14.7 Å². The summed E-state index contributed by atoms with van der Waals surface area (Å²) >= 11 is 0. The van der Waals surface area contributed by atoms with Gasteiger partial charge in [0.15, 0.2) is 11.5 Å². The fraction of sp³-hybridized carbons (Fsp3) is 0.286. The Morgan fingerprint density at radius 3 is 2.25 bits per heavy atom. The maximum absolute atomic E-state index is 11.7. The lowest BCUT2D eigenvalue weighted by atomic mass is 9.93. The molecule has 1 amide bonds. The van der Waals surface area contributed by atoms with Gasteiger partial charge in [0.2, 0.25) is 11.7 Å². The van der Waals surface area contributed by atoms with Crippen molar-refractivity contribution in [2.24, 2.45) is 4.99 Å². The minimum Gasteiger partial charge on any atom is -0.493 e. The van der Waals surface area contributed by atoms with E-state index in [1.165, 1.54) is 20.1 Å². The minimum atomic E-state index is -1.05. The van der Waals surface area contributed by atoms with Crippen LogP contribution in [0, 0.1) is 0 Å². The van der Waals surface area contributed by atoms with E-state index in [0.717, 1.165) is 16.7 Å². The number of aliphatic imine (C=N–C) groups is 1. The van der Waals surface area contributed by atoms with Crippen molar-refractivity contribution in [3.63, 3.8) is 0 Å². The van der Waals surface area contributed by atoms with Gasteiger partial charge in [-0.3, -0.25) is 4.79 Å². The van der Waals surface area contributed by atoms with Crippen LogP contribution in [-0.2, 0) is 11.2 Å². The summed E-state index contributed by atoms with van der Waals surface area (Å²) in [7, 11) is 4.62. The standard InChI is InChI=1S/C21H21NO6/c1-11(23)22-16-8-6-12-10-17(26-2)19(27-3)20(28-4)18(12)14-7-5-13(21(24)25)9-15(14)16/h5,7,9-10H,6,8H2,1-4H3,(H,24,25). The van der Waals surface area contributed by atoms with Crippen molar-refractivity contribution in [2.75, 3.05) is 21.3 Å². The molecule has 0 aromatic heterocycles. The van der Waals surface area contributed by atoms with Gasteiger partial charge in [0, 0.05) is 18.1 Å². The Bertz CT molecular complexity index is 993. The van der Waals surface area contributed by atoms with Crippen LogP contribution >= 0.6 is 0 Å². The smallest absolute Gasteiger partial charge is 0.335 e. The number of aromatic carboxylic acids is 1. The SMILES string of the molecule is COc1cc2c(c(OC)c1OC)-c1ccc(C(=O)O)cc1C(=NC(C)=O)CC2. The molecule has 1 aliphatic carbocycles. The van der Waals surface area contributed by atoms with Gasteiger partial charge in [-0.15, -0.1) is 0 Å². The van der Waals surface area contributed by atoms with E-state index in [1.54, 1.807) is 26.4 Å². The van der Waals surface area contributed by atoms with Crippen molar-refractivity contribution in [3.8, 4) is 28.4 Å². The second-order valence-electron chi connectivity index (χ2n) is 6.32. The largest absolute Gasteiger partial charge is 0.493 e. The zero-order valence-electron chi connectivity index (χ0n) is 16.2. The molecule has 0 bridgehead atoms. The zero-order chi connectivity index (χ0) is 20.4. The molecular weight excluding hydrogens is 362 g/mol. The summed E-state index contributed by atoms with van der Waals surface area (Å²) in [5.74, 6) is 0.0893. The van der Waals surface area contributed by atoms with Crippen LogP contribution in [0.15, 0.2) is 29.3 Å². The molecule has 0 atom stereocenters. The van der Waals surface area contributed by atoms with Gasteiger partial charge in [-0.05, 0) is 42.2 Å². The molecular formula is C21H21NO6. The second kappa shape index (κ2) is 7.72. The van der Waals surface area contributed by atoms with Crippen molar-refractivity contribution in [1.82, 2.24) is 0 Å². The first-order valence-electron chi connectivity index (χ1n) is 8.69. The molecule has 0 heterocycles.